The van der Waals surface area contributed by atoms with Crippen molar-refractivity contribution in [3.63, 3.8) is 0 Å². The average molecular weight is 604 g/mol. The molecule has 0 spiro atoms. The van der Waals surface area contributed by atoms with Gasteiger partial charge in [-0.25, -0.2) is 4.79 Å². The van der Waals surface area contributed by atoms with Crippen molar-refractivity contribution in [1.82, 2.24) is 9.62 Å². The molecule has 0 saturated carbocycles. The molecular formula is C28H37N5O8S. The lowest BCUT2D eigenvalue weighted by Gasteiger charge is -2.29. The molecular weight excluding hydrogens is 566 g/mol. The van der Waals surface area contributed by atoms with Crippen LogP contribution in [0.3, 0.4) is 0 Å². The molecule has 0 aliphatic carbocycles. The molecule has 14 heteroatoms. The van der Waals surface area contributed by atoms with E-state index in [-0.39, 0.29) is 25.3 Å². The largest absolute Gasteiger partial charge is 0.494 e. The molecule has 2 aromatic rings. The van der Waals surface area contributed by atoms with E-state index in [1.54, 1.807) is 57.2 Å². The predicted molar refractivity (Wildman–Crippen MR) is 154 cm³/mol. The summed E-state index contributed by atoms with van der Waals surface area (Å²) in [5, 5.41) is 6.21. The number of alkyl carbamates (subject to hydrolysis) is 1. The normalized spacial score (nSPS) is 14.9. The van der Waals surface area contributed by atoms with Gasteiger partial charge in [0.15, 0.2) is 0 Å². The van der Waals surface area contributed by atoms with Crippen molar-refractivity contribution in [3.05, 3.63) is 69.1 Å². The number of ether oxygens (including phenoxy) is 3. The number of nitrogens with zero attached hydrogens (tertiary/aromatic N) is 4. The number of amides is 1. The van der Waals surface area contributed by atoms with Gasteiger partial charge >= 0.3 is 22.4 Å². The first kappa shape index (κ1) is 32.5. The molecule has 1 atom stereocenters. The number of rotatable bonds is 12. The fraction of sp³-hybridized carbons (Fsp3) is 0.500. The van der Waals surface area contributed by atoms with Crippen LogP contribution >= 0.6 is 0 Å². The molecule has 1 aliphatic rings. The summed E-state index contributed by atoms with van der Waals surface area (Å²) < 4.78 is 48.6. The third-order valence-corrected chi connectivity index (χ3v) is 7.57. The van der Waals surface area contributed by atoms with E-state index >= 15 is 0 Å². The van der Waals surface area contributed by atoms with Gasteiger partial charge in [0.2, 0.25) is 0 Å². The van der Waals surface area contributed by atoms with Gasteiger partial charge in [-0.3, -0.25) is 4.79 Å². The van der Waals surface area contributed by atoms with E-state index in [2.05, 4.69) is 15.3 Å². The van der Waals surface area contributed by atoms with Gasteiger partial charge < -0.3 is 23.7 Å². The second-order valence-corrected chi connectivity index (χ2v) is 12.3. The van der Waals surface area contributed by atoms with E-state index in [4.69, 9.17) is 23.9 Å². The van der Waals surface area contributed by atoms with Crippen molar-refractivity contribution < 1.29 is 36.4 Å². The van der Waals surface area contributed by atoms with Crippen molar-refractivity contribution in [3.8, 4) is 11.5 Å². The average Bonchev–Trinajstić information content (AvgIpc) is 2.90. The first-order valence-corrected chi connectivity index (χ1v) is 14.8. The zero-order valence-corrected chi connectivity index (χ0v) is 25.3. The standard InChI is InChI=1S/C28H37N5O8S/c1-19-8-9-20(24(16-26(34)38-5)31-27(35)40-28(2,3)4)14-21(19)17-33-18-22-15-23(39-13-7-6-12-30-32-29)10-11-25(22)41-42(33,36)37/h8-11,14-15,24H,6-7,12-13,16-18H2,1-5H3,(H,31,35). The molecule has 0 bridgehead atoms. The zero-order chi connectivity index (χ0) is 30.9. The van der Waals surface area contributed by atoms with Crippen molar-refractivity contribution >= 4 is 22.4 Å². The highest BCUT2D eigenvalue weighted by Crippen LogP contribution is 2.34. The Kier molecular flexibility index (Phi) is 11.0. The van der Waals surface area contributed by atoms with Gasteiger partial charge in [-0.1, -0.05) is 23.3 Å². The summed E-state index contributed by atoms with van der Waals surface area (Å²) in [4.78, 5) is 27.4. The van der Waals surface area contributed by atoms with Crippen molar-refractivity contribution in [2.75, 3.05) is 20.3 Å². The van der Waals surface area contributed by atoms with E-state index in [0.717, 1.165) is 5.56 Å². The summed E-state index contributed by atoms with van der Waals surface area (Å²) >= 11 is 0. The van der Waals surface area contributed by atoms with Gasteiger partial charge in [0.1, 0.15) is 17.1 Å². The number of hydrogen-bond acceptors (Lipinski definition) is 9. The van der Waals surface area contributed by atoms with Crippen LogP contribution in [-0.4, -0.2) is 50.6 Å². The van der Waals surface area contributed by atoms with Crippen LogP contribution in [0.2, 0.25) is 0 Å². The molecule has 42 heavy (non-hydrogen) atoms. The molecule has 0 radical (unpaired) electrons. The number of nitrogens with one attached hydrogen (secondary N) is 1. The highest BCUT2D eigenvalue weighted by atomic mass is 32.2. The number of methoxy groups -OCH3 is 1. The maximum Gasteiger partial charge on any atom is 0.408 e. The summed E-state index contributed by atoms with van der Waals surface area (Å²) in [7, 11) is -2.84. The van der Waals surface area contributed by atoms with Crippen LogP contribution in [0.15, 0.2) is 41.5 Å². The third kappa shape index (κ3) is 9.54. The number of carbonyl (C=O) groups excluding carboxylic acids is 2. The lowest BCUT2D eigenvalue weighted by Crippen LogP contribution is -2.37. The number of aryl methyl sites for hydroxylation is 1. The molecule has 0 aromatic heterocycles. The Morgan fingerprint density at radius 1 is 1.19 bits per heavy atom. The summed E-state index contributed by atoms with van der Waals surface area (Å²) in [6.07, 6.45) is 0.542. The second-order valence-electron chi connectivity index (χ2n) is 10.8. The molecule has 2 aromatic carbocycles. The van der Waals surface area contributed by atoms with Gasteiger partial charge in [0.25, 0.3) is 0 Å². The smallest absolute Gasteiger partial charge is 0.408 e. The molecule has 1 heterocycles. The van der Waals surface area contributed by atoms with E-state index in [1.807, 2.05) is 6.92 Å². The van der Waals surface area contributed by atoms with Crippen LogP contribution in [0.25, 0.3) is 10.4 Å². The van der Waals surface area contributed by atoms with Crippen LogP contribution in [0.4, 0.5) is 4.79 Å². The number of hydrogen-bond donors (Lipinski definition) is 1. The maximum absolute atomic E-state index is 13.0. The molecule has 0 saturated heterocycles. The molecule has 1 aliphatic heterocycles. The Bertz CT molecular complexity index is 1430. The summed E-state index contributed by atoms with van der Waals surface area (Å²) in [6, 6.07) is 9.48. The Labute approximate surface area is 246 Å². The molecule has 1 N–H and O–H groups in total. The fourth-order valence-corrected chi connectivity index (χ4v) is 5.25. The molecule has 3 rings (SSSR count). The van der Waals surface area contributed by atoms with Crippen LogP contribution in [0.5, 0.6) is 11.5 Å². The first-order valence-electron chi connectivity index (χ1n) is 13.4. The molecule has 0 fully saturated rings. The van der Waals surface area contributed by atoms with Gasteiger partial charge in [-0.05, 0) is 81.0 Å². The van der Waals surface area contributed by atoms with Gasteiger partial charge in [-0.2, -0.15) is 12.7 Å². The number of benzene rings is 2. The SMILES string of the molecule is COC(=O)CC(NC(=O)OC(C)(C)C)c1ccc(C)c(CN2Cc3cc(OCCCCN=[N+]=[N-])ccc3OS2(=O)=O)c1. The van der Waals surface area contributed by atoms with Crippen LogP contribution in [0.1, 0.15) is 68.3 Å². The van der Waals surface area contributed by atoms with Crippen molar-refractivity contribution in [2.45, 2.75) is 71.7 Å². The quantitative estimate of drug-likeness (QED) is 0.113. The first-order chi connectivity index (χ1) is 19.8. The summed E-state index contributed by atoms with van der Waals surface area (Å²) in [6.45, 7) is 7.89. The molecule has 13 nitrogen and oxygen atoms in total. The fourth-order valence-electron chi connectivity index (χ4n) is 4.16. The Balaban J connectivity index is 1.79. The highest BCUT2D eigenvalue weighted by Gasteiger charge is 2.32. The van der Waals surface area contributed by atoms with Crippen LogP contribution < -0.4 is 14.2 Å². The topological polar surface area (TPSA) is 169 Å². The Morgan fingerprint density at radius 2 is 1.95 bits per heavy atom. The second kappa shape index (κ2) is 14.3. The lowest BCUT2D eigenvalue weighted by atomic mass is 9.98. The van der Waals surface area contributed by atoms with Gasteiger partial charge in [0, 0.05) is 30.1 Å². The minimum Gasteiger partial charge on any atom is -0.494 e. The predicted octanol–water partition coefficient (Wildman–Crippen LogP) is 5.23. The van der Waals surface area contributed by atoms with Crippen molar-refractivity contribution in [2.24, 2.45) is 5.11 Å². The van der Waals surface area contributed by atoms with Gasteiger partial charge in [-0.15, -0.1) is 0 Å². The van der Waals surface area contributed by atoms with E-state index in [9.17, 15) is 18.0 Å². The monoisotopic (exact) mass is 603 g/mol. The van der Waals surface area contributed by atoms with E-state index < -0.39 is 34.0 Å². The molecule has 228 valence electrons. The zero-order valence-electron chi connectivity index (χ0n) is 24.5. The Morgan fingerprint density at radius 3 is 2.64 bits per heavy atom. The minimum absolute atomic E-state index is 0.0106. The van der Waals surface area contributed by atoms with Gasteiger partial charge in [0.05, 0.1) is 26.2 Å². The summed E-state index contributed by atoms with van der Waals surface area (Å²) in [5.41, 5.74) is 10.3. The van der Waals surface area contributed by atoms with Crippen LogP contribution in [0, 0.1) is 6.92 Å². The lowest BCUT2D eigenvalue weighted by molar-refractivity contribution is -0.141. The minimum atomic E-state index is -4.10. The highest BCUT2D eigenvalue weighted by molar-refractivity contribution is 7.84. The third-order valence-electron chi connectivity index (χ3n) is 6.29. The number of carbonyl (C=O) groups is 2. The van der Waals surface area contributed by atoms with Crippen molar-refractivity contribution in [1.29, 1.82) is 0 Å². The number of azide groups is 1. The van der Waals surface area contributed by atoms with E-state index in [0.29, 0.717) is 48.4 Å². The number of esters is 1. The molecule has 1 amide bonds. The number of fused-ring (bicyclic) bond motifs is 1. The summed E-state index contributed by atoms with van der Waals surface area (Å²) in [5.74, 6) is 0.264. The number of unbranched alkanes of at least 4 members (excludes halogenated alkanes) is 1. The Hall–Kier alpha value is -4.00. The molecule has 1 unspecified atom stereocenters. The van der Waals surface area contributed by atoms with E-state index in [1.165, 1.54) is 11.4 Å². The maximum atomic E-state index is 13.0. The van der Waals surface area contributed by atoms with Crippen LogP contribution in [-0.2, 0) is 37.7 Å².